The van der Waals surface area contributed by atoms with Gasteiger partial charge in [0.2, 0.25) is 0 Å². The molecule has 2 rings (SSSR count). The van der Waals surface area contributed by atoms with Crippen molar-refractivity contribution in [2.24, 2.45) is 7.05 Å². The van der Waals surface area contributed by atoms with E-state index in [-0.39, 0.29) is 6.61 Å². The second-order valence-electron chi connectivity index (χ2n) is 3.94. The van der Waals surface area contributed by atoms with E-state index >= 15 is 0 Å². The molecule has 0 amide bonds. The Labute approximate surface area is 111 Å². The van der Waals surface area contributed by atoms with Crippen LogP contribution < -0.4 is 4.74 Å². The van der Waals surface area contributed by atoms with Crippen LogP contribution >= 0.6 is 11.6 Å². The minimum atomic E-state index is 0.0840. The van der Waals surface area contributed by atoms with Crippen molar-refractivity contribution < 1.29 is 9.84 Å². The first kappa shape index (κ1) is 12.9. The van der Waals surface area contributed by atoms with E-state index in [0.717, 1.165) is 22.8 Å². The van der Waals surface area contributed by atoms with Gasteiger partial charge in [-0.25, -0.2) is 4.98 Å². The number of hydrogen-bond donors (Lipinski definition) is 1. The van der Waals surface area contributed by atoms with Gasteiger partial charge < -0.3 is 14.4 Å². The third kappa shape index (κ3) is 2.35. The summed E-state index contributed by atoms with van der Waals surface area (Å²) < 4.78 is 7.05. The zero-order chi connectivity index (χ0) is 13.1. The lowest BCUT2D eigenvalue weighted by Crippen LogP contribution is -2.02. The molecule has 0 fully saturated rings. The number of imidazole rings is 1. The van der Waals surface area contributed by atoms with Crippen molar-refractivity contribution in [1.29, 1.82) is 0 Å². The van der Waals surface area contributed by atoms with E-state index in [1.54, 1.807) is 19.4 Å². The Balaban J connectivity index is 2.42. The monoisotopic (exact) mass is 266 g/mol. The quantitative estimate of drug-likeness (QED) is 0.924. The number of methoxy groups -OCH3 is 1. The topological polar surface area (TPSA) is 47.3 Å². The number of aromatic nitrogens is 2. The van der Waals surface area contributed by atoms with Crippen molar-refractivity contribution in [2.45, 2.75) is 6.42 Å². The Bertz CT molecular complexity index is 552. The number of halogens is 1. The van der Waals surface area contributed by atoms with Crippen LogP contribution in [0.1, 0.15) is 5.82 Å². The summed E-state index contributed by atoms with van der Waals surface area (Å²) in [6.45, 7) is 0.0840. The fourth-order valence-corrected chi connectivity index (χ4v) is 2.13. The maximum Gasteiger partial charge on any atom is 0.120 e. The van der Waals surface area contributed by atoms with E-state index in [2.05, 4.69) is 4.98 Å². The summed E-state index contributed by atoms with van der Waals surface area (Å²) in [5.41, 5.74) is 1.82. The van der Waals surface area contributed by atoms with Crippen LogP contribution in [0.4, 0.5) is 0 Å². The predicted molar refractivity (Wildman–Crippen MR) is 71.0 cm³/mol. The fourth-order valence-electron chi connectivity index (χ4n) is 1.86. The molecule has 1 aromatic heterocycles. The van der Waals surface area contributed by atoms with Crippen LogP contribution in [-0.4, -0.2) is 28.4 Å². The van der Waals surface area contributed by atoms with Gasteiger partial charge in [-0.15, -0.1) is 0 Å². The van der Waals surface area contributed by atoms with Crippen LogP contribution in [0.25, 0.3) is 11.3 Å². The van der Waals surface area contributed by atoms with Gasteiger partial charge in [0.15, 0.2) is 0 Å². The van der Waals surface area contributed by atoms with Gasteiger partial charge in [-0.3, -0.25) is 0 Å². The molecule has 1 N–H and O–H groups in total. The lowest BCUT2D eigenvalue weighted by atomic mass is 10.1. The molecule has 96 valence electrons. The highest BCUT2D eigenvalue weighted by Crippen LogP contribution is 2.31. The van der Waals surface area contributed by atoms with Crippen LogP contribution in [-0.2, 0) is 13.5 Å². The van der Waals surface area contributed by atoms with Crippen LogP contribution in [0.2, 0.25) is 5.02 Å². The van der Waals surface area contributed by atoms with Crippen molar-refractivity contribution in [3.8, 4) is 17.0 Å². The highest BCUT2D eigenvalue weighted by Gasteiger charge is 2.11. The Morgan fingerprint density at radius 2 is 2.22 bits per heavy atom. The average molecular weight is 267 g/mol. The molecule has 0 aliphatic carbocycles. The van der Waals surface area contributed by atoms with Crippen molar-refractivity contribution in [3.63, 3.8) is 0 Å². The third-order valence-corrected chi connectivity index (χ3v) is 3.18. The SMILES string of the molecule is COc1ccc(-c2cnc(CCO)n2C)c(Cl)c1. The molecule has 0 unspecified atom stereocenters. The minimum Gasteiger partial charge on any atom is -0.497 e. The van der Waals surface area contributed by atoms with Gasteiger partial charge in [0.25, 0.3) is 0 Å². The summed E-state index contributed by atoms with van der Waals surface area (Å²) in [5, 5.41) is 9.57. The molecular weight excluding hydrogens is 252 g/mol. The van der Waals surface area contributed by atoms with Gasteiger partial charge in [0.05, 0.1) is 30.6 Å². The highest BCUT2D eigenvalue weighted by molar-refractivity contribution is 6.33. The summed E-state index contributed by atoms with van der Waals surface area (Å²) in [4.78, 5) is 4.28. The Morgan fingerprint density at radius 1 is 1.44 bits per heavy atom. The first-order valence-corrected chi connectivity index (χ1v) is 6.00. The molecule has 5 heteroatoms. The summed E-state index contributed by atoms with van der Waals surface area (Å²) >= 11 is 6.23. The molecule has 4 nitrogen and oxygen atoms in total. The number of rotatable bonds is 4. The maximum absolute atomic E-state index is 8.95. The summed E-state index contributed by atoms with van der Waals surface area (Å²) in [6, 6.07) is 5.54. The summed E-state index contributed by atoms with van der Waals surface area (Å²) in [5.74, 6) is 1.56. The molecule has 0 aliphatic heterocycles. The molecule has 0 spiro atoms. The first-order valence-electron chi connectivity index (χ1n) is 5.62. The Kier molecular flexibility index (Phi) is 3.89. The van der Waals surface area contributed by atoms with Gasteiger partial charge in [-0.1, -0.05) is 11.6 Å². The first-order chi connectivity index (χ1) is 8.67. The molecule has 1 aromatic carbocycles. The lowest BCUT2D eigenvalue weighted by Gasteiger charge is -2.08. The van der Waals surface area contributed by atoms with E-state index < -0.39 is 0 Å². The van der Waals surface area contributed by atoms with Crippen molar-refractivity contribution in [3.05, 3.63) is 35.2 Å². The molecule has 0 saturated carbocycles. The predicted octanol–water partition coefficient (Wildman–Crippen LogP) is 2.28. The molecule has 0 atom stereocenters. The van der Waals surface area contributed by atoms with Crippen LogP contribution in [0, 0.1) is 0 Å². The second kappa shape index (κ2) is 5.42. The molecule has 0 aliphatic rings. The molecule has 18 heavy (non-hydrogen) atoms. The number of ether oxygens (including phenoxy) is 1. The Hall–Kier alpha value is -1.52. The molecule has 1 heterocycles. The largest absolute Gasteiger partial charge is 0.497 e. The number of benzene rings is 1. The standard InChI is InChI=1S/C13H15ClN2O2/c1-16-12(8-15-13(16)5-6-17)10-4-3-9(18-2)7-11(10)14/h3-4,7-8,17H,5-6H2,1-2H3. The molecule has 0 bridgehead atoms. The molecule has 0 saturated heterocycles. The van der Waals surface area contributed by atoms with Crippen LogP contribution in [0.15, 0.2) is 24.4 Å². The number of aliphatic hydroxyl groups is 1. The summed E-state index contributed by atoms with van der Waals surface area (Å²) in [6.07, 6.45) is 2.29. The van der Waals surface area contributed by atoms with E-state index in [1.807, 2.05) is 23.7 Å². The molecule has 2 aromatic rings. The smallest absolute Gasteiger partial charge is 0.120 e. The fraction of sp³-hybridized carbons (Fsp3) is 0.308. The Morgan fingerprint density at radius 3 is 2.83 bits per heavy atom. The normalized spacial score (nSPS) is 10.7. The third-order valence-electron chi connectivity index (χ3n) is 2.87. The van der Waals surface area contributed by atoms with Crippen LogP contribution in [0.3, 0.4) is 0 Å². The van der Waals surface area contributed by atoms with Gasteiger partial charge in [-0.05, 0) is 18.2 Å². The van der Waals surface area contributed by atoms with Crippen LogP contribution in [0.5, 0.6) is 5.75 Å². The van der Waals surface area contributed by atoms with E-state index in [9.17, 15) is 0 Å². The van der Waals surface area contributed by atoms with Gasteiger partial charge in [0, 0.05) is 19.0 Å². The lowest BCUT2D eigenvalue weighted by molar-refractivity contribution is 0.295. The van der Waals surface area contributed by atoms with Crippen molar-refractivity contribution >= 4 is 11.6 Å². The van der Waals surface area contributed by atoms with Gasteiger partial charge in [-0.2, -0.15) is 0 Å². The zero-order valence-corrected chi connectivity index (χ0v) is 11.1. The minimum absolute atomic E-state index is 0.0840. The second-order valence-corrected chi connectivity index (χ2v) is 4.35. The van der Waals surface area contributed by atoms with E-state index in [0.29, 0.717) is 11.4 Å². The average Bonchev–Trinajstić information content (AvgIpc) is 2.72. The number of aliphatic hydroxyl groups excluding tert-OH is 1. The zero-order valence-electron chi connectivity index (χ0n) is 10.4. The molecular formula is C13H15ClN2O2. The molecule has 0 radical (unpaired) electrons. The van der Waals surface area contributed by atoms with Crippen molar-refractivity contribution in [1.82, 2.24) is 9.55 Å². The maximum atomic E-state index is 8.95. The number of hydrogen-bond acceptors (Lipinski definition) is 3. The summed E-state index contributed by atoms with van der Waals surface area (Å²) in [7, 11) is 3.52. The van der Waals surface area contributed by atoms with E-state index in [1.165, 1.54) is 0 Å². The van der Waals surface area contributed by atoms with Crippen molar-refractivity contribution in [2.75, 3.05) is 13.7 Å². The number of nitrogens with zero attached hydrogens (tertiary/aromatic N) is 2. The van der Waals surface area contributed by atoms with E-state index in [4.69, 9.17) is 21.4 Å². The van der Waals surface area contributed by atoms with Gasteiger partial charge >= 0.3 is 0 Å². The highest BCUT2D eigenvalue weighted by atomic mass is 35.5. The van der Waals surface area contributed by atoms with Gasteiger partial charge in [0.1, 0.15) is 11.6 Å².